The van der Waals surface area contributed by atoms with E-state index >= 15 is 0 Å². The molecule has 0 aromatic heterocycles. The fraction of sp³-hybridized carbons (Fsp3) is 0.650. The summed E-state index contributed by atoms with van der Waals surface area (Å²) >= 11 is 0. The SMILES string of the molecule is CN=C(NCCCOc1cc(C)cc(C)c1C)NC1CC2CCC1O2. The Labute approximate surface area is 151 Å². The molecular formula is C20H31N3O2. The topological polar surface area (TPSA) is 54.9 Å². The van der Waals surface area contributed by atoms with Crippen molar-refractivity contribution in [2.24, 2.45) is 4.99 Å². The smallest absolute Gasteiger partial charge is 0.191 e. The molecular weight excluding hydrogens is 314 g/mol. The van der Waals surface area contributed by atoms with Gasteiger partial charge < -0.3 is 20.1 Å². The molecule has 0 radical (unpaired) electrons. The molecule has 25 heavy (non-hydrogen) atoms. The van der Waals surface area contributed by atoms with E-state index in [1.165, 1.54) is 29.5 Å². The van der Waals surface area contributed by atoms with Crippen LogP contribution in [0.2, 0.25) is 0 Å². The quantitative estimate of drug-likeness (QED) is 0.473. The first kappa shape index (κ1) is 18.1. The minimum absolute atomic E-state index is 0.361. The van der Waals surface area contributed by atoms with Crippen LogP contribution < -0.4 is 15.4 Å². The molecule has 0 amide bonds. The third-order valence-corrected chi connectivity index (χ3v) is 5.29. The van der Waals surface area contributed by atoms with Crippen LogP contribution in [0.3, 0.4) is 0 Å². The minimum atomic E-state index is 0.361. The van der Waals surface area contributed by atoms with Crippen LogP contribution in [0.15, 0.2) is 17.1 Å². The summed E-state index contributed by atoms with van der Waals surface area (Å²) in [5.41, 5.74) is 3.76. The Bertz CT molecular complexity index is 630. The lowest BCUT2D eigenvalue weighted by molar-refractivity contribution is 0.0992. The molecule has 5 heteroatoms. The number of aryl methyl sites for hydroxylation is 2. The molecule has 1 aromatic rings. The number of aliphatic imine (C=N–C) groups is 1. The highest BCUT2D eigenvalue weighted by Gasteiger charge is 2.41. The van der Waals surface area contributed by atoms with Crippen LogP contribution in [0.5, 0.6) is 5.75 Å². The number of fused-ring (bicyclic) bond motifs is 2. The van der Waals surface area contributed by atoms with Crippen molar-refractivity contribution in [2.75, 3.05) is 20.2 Å². The van der Waals surface area contributed by atoms with Gasteiger partial charge in [-0.05, 0) is 69.2 Å². The maximum atomic E-state index is 5.97. The van der Waals surface area contributed by atoms with Gasteiger partial charge in [-0.1, -0.05) is 6.07 Å². The molecule has 3 atom stereocenters. The Hall–Kier alpha value is -1.75. The zero-order chi connectivity index (χ0) is 17.8. The Kier molecular flexibility index (Phi) is 5.84. The maximum absolute atomic E-state index is 5.97. The molecule has 1 aromatic carbocycles. The number of benzene rings is 1. The van der Waals surface area contributed by atoms with Crippen molar-refractivity contribution in [3.63, 3.8) is 0 Å². The molecule has 2 heterocycles. The summed E-state index contributed by atoms with van der Waals surface area (Å²) in [6, 6.07) is 4.71. The van der Waals surface area contributed by atoms with E-state index in [-0.39, 0.29) is 0 Å². The van der Waals surface area contributed by atoms with Gasteiger partial charge in [-0.25, -0.2) is 0 Å². The van der Waals surface area contributed by atoms with E-state index in [1.807, 2.05) is 7.05 Å². The predicted molar refractivity (Wildman–Crippen MR) is 102 cm³/mol. The Morgan fingerprint density at radius 1 is 1.28 bits per heavy atom. The predicted octanol–water partition coefficient (Wildman–Crippen LogP) is 2.87. The average molecular weight is 345 g/mol. The normalized spacial score (nSPS) is 25.3. The summed E-state index contributed by atoms with van der Waals surface area (Å²) in [5.74, 6) is 1.86. The van der Waals surface area contributed by atoms with Gasteiger partial charge in [0, 0.05) is 13.6 Å². The highest BCUT2D eigenvalue weighted by atomic mass is 16.5. The fourth-order valence-electron chi connectivity index (χ4n) is 3.77. The third kappa shape index (κ3) is 4.46. The van der Waals surface area contributed by atoms with Crippen LogP contribution in [-0.2, 0) is 4.74 Å². The van der Waals surface area contributed by atoms with Crippen LogP contribution in [0.1, 0.15) is 42.4 Å². The molecule has 3 rings (SSSR count). The van der Waals surface area contributed by atoms with Crippen molar-refractivity contribution in [2.45, 2.75) is 64.7 Å². The highest BCUT2D eigenvalue weighted by Crippen LogP contribution is 2.34. The number of rotatable bonds is 6. The van der Waals surface area contributed by atoms with E-state index < -0.39 is 0 Å². The number of ether oxygens (including phenoxy) is 2. The first-order valence-electron chi connectivity index (χ1n) is 9.40. The van der Waals surface area contributed by atoms with Gasteiger partial charge in [0.25, 0.3) is 0 Å². The second-order valence-electron chi connectivity index (χ2n) is 7.27. The van der Waals surface area contributed by atoms with Gasteiger partial charge in [-0.15, -0.1) is 0 Å². The molecule has 2 aliphatic heterocycles. The molecule has 3 unspecified atom stereocenters. The zero-order valence-electron chi connectivity index (χ0n) is 15.9. The monoisotopic (exact) mass is 345 g/mol. The molecule has 2 aliphatic rings. The van der Waals surface area contributed by atoms with Crippen molar-refractivity contribution in [1.29, 1.82) is 0 Å². The van der Waals surface area contributed by atoms with E-state index in [2.05, 4.69) is 48.5 Å². The van der Waals surface area contributed by atoms with Crippen molar-refractivity contribution in [1.82, 2.24) is 10.6 Å². The van der Waals surface area contributed by atoms with E-state index in [1.54, 1.807) is 0 Å². The number of hydrogen-bond donors (Lipinski definition) is 2. The molecule has 0 spiro atoms. The van der Waals surface area contributed by atoms with E-state index in [0.717, 1.165) is 31.1 Å². The minimum Gasteiger partial charge on any atom is -0.493 e. The van der Waals surface area contributed by atoms with Gasteiger partial charge in [0.05, 0.1) is 24.9 Å². The molecule has 2 saturated heterocycles. The third-order valence-electron chi connectivity index (χ3n) is 5.29. The number of hydrogen-bond acceptors (Lipinski definition) is 3. The number of nitrogens with zero attached hydrogens (tertiary/aromatic N) is 1. The second kappa shape index (κ2) is 8.09. The van der Waals surface area contributed by atoms with Crippen molar-refractivity contribution >= 4 is 5.96 Å². The molecule has 0 saturated carbocycles. The maximum Gasteiger partial charge on any atom is 0.191 e. The Balaban J connectivity index is 1.38. The molecule has 2 fully saturated rings. The van der Waals surface area contributed by atoms with Gasteiger partial charge in [0.15, 0.2) is 5.96 Å². The summed E-state index contributed by atoms with van der Waals surface area (Å²) in [7, 11) is 1.82. The summed E-state index contributed by atoms with van der Waals surface area (Å²) in [4.78, 5) is 4.33. The molecule has 138 valence electrons. The van der Waals surface area contributed by atoms with Crippen molar-refractivity contribution in [3.8, 4) is 5.75 Å². The van der Waals surface area contributed by atoms with Crippen LogP contribution in [-0.4, -0.2) is 44.4 Å². The Morgan fingerprint density at radius 3 is 2.80 bits per heavy atom. The fourth-order valence-corrected chi connectivity index (χ4v) is 3.77. The summed E-state index contributed by atoms with van der Waals surface area (Å²) in [6.45, 7) is 7.89. The summed E-state index contributed by atoms with van der Waals surface area (Å²) in [5, 5.41) is 6.89. The lowest BCUT2D eigenvalue weighted by Crippen LogP contribution is -2.47. The van der Waals surface area contributed by atoms with Gasteiger partial charge >= 0.3 is 0 Å². The standard InChI is InChI=1S/C20H31N3O2/c1-13-10-14(2)15(3)19(11-13)24-9-5-8-22-20(21-4)23-17-12-16-6-7-18(17)25-16/h10-11,16-18H,5-9,12H2,1-4H3,(H2,21,22,23). The van der Waals surface area contributed by atoms with E-state index in [9.17, 15) is 0 Å². The molecule has 2 bridgehead atoms. The van der Waals surface area contributed by atoms with E-state index in [0.29, 0.717) is 24.9 Å². The summed E-state index contributed by atoms with van der Waals surface area (Å²) in [6.07, 6.45) is 5.22. The zero-order valence-corrected chi connectivity index (χ0v) is 15.9. The second-order valence-corrected chi connectivity index (χ2v) is 7.27. The van der Waals surface area contributed by atoms with Crippen molar-refractivity contribution < 1.29 is 9.47 Å². The molecule has 0 aliphatic carbocycles. The number of nitrogens with one attached hydrogen (secondary N) is 2. The molecule has 2 N–H and O–H groups in total. The molecule has 5 nitrogen and oxygen atoms in total. The van der Waals surface area contributed by atoms with Gasteiger partial charge in [-0.3, -0.25) is 4.99 Å². The largest absolute Gasteiger partial charge is 0.493 e. The van der Waals surface area contributed by atoms with Gasteiger partial charge in [0.2, 0.25) is 0 Å². The highest BCUT2D eigenvalue weighted by molar-refractivity contribution is 5.80. The van der Waals surface area contributed by atoms with Crippen molar-refractivity contribution in [3.05, 3.63) is 28.8 Å². The number of guanidine groups is 1. The lowest BCUT2D eigenvalue weighted by atomic mass is 9.96. The Morgan fingerprint density at radius 2 is 2.12 bits per heavy atom. The van der Waals surface area contributed by atoms with E-state index in [4.69, 9.17) is 9.47 Å². The summed E-state index contributed by atoms with van der Waals surface area (Å²) < 4.78 is 11.9. The first-order valence-corrected chi connectivity index (χ1v) is 9.40. The lowest BCUT2D eigenvalue weighted by Gasteiger charge is -2.22. The van der Waals surface area contributed by atoms with Crippen LogP contribution in [0, 0.1) is 20.8 Å². The van der Waals surface area contributed by atoms with Gasteiger partial charge in [-0.2, -0.15) is 0 Å². The van der Waals surface area contributed by atoms with Crippen LogP contribution in [0.4, 0.5) is 0 Å². The average Bonchev–Trinajstić information content (AvgIpc) is 3.20. The first-order chi connectivity index (χ1) is 12.1. The van der Waals surface area contributed by atoms with Crippen LogP contribution >= 0.6 is 0 Å². The van der Waals surface area contributed by atoms with Gasteiger partial charge in [0.1, 0.15) is 5.75 Å². The van der Waals surface area contributed by atoms with Crippen LogP contribution in [0.25, 0.3) is 0 Å².